The van der Waals surface area contributed by atoms with Gasteiger partial charge in [0.05, 0.1) is 12.8 Å². The Morgan fingerprint density at radius 2 is 1.95 bits per heavy atom. The lowest BCUT2D eigenvalue weighted by molar-refractivity contribution is 0.412. The summed E-state index contributed by atoms with van der Waals surface area (Å²) in [6.45, 7) is 4.56. The van der Waals surface area contributed by atoms with Crippen molar-refractivity contribution in [3.8, 4) is 17.0 Å². The van der Waals surface area contributed by atoms with Crippen molar-refractivity contribution < 1.29 is 4.74 Å². The summed E-state index contributed by atoms with van der Waals surface area (Å²) in [6, 6.07) is 8.04. The summed E-state index contributed by atoms with van der Waals surface area (Å²) in [5, 5.41) is 0. The van der Waals surface area contributed by atoms with Crippen molar-refractivity contribution in [2.24, 2.45) is 5.73 Å². The maximum Gasteiger partial charge on any atom is 0.130 e. The Hall–Kier alpha value is -1.94. The quantitative estimate of drug-likeness (QED) is 0.912. The predicted molar refractivity (Wildman–Crippen MR) is 76.3 cm³/mol. The van der Waals surface area contributed by atoms with Crippen LogP contribution in [-0.4, -0.2) is 23.6 Å². The molecular formula is C15H19N3O. The molecule has 0 bridgehead atoms. The Labute approximate surface area is 113 Å². The van der Waals surface area contributed by atoms with E-state index in [1.807, 2.05) is 32.0 Å². The molecule has 4 nitrogen and oxygen atoms in total. The maximum absolute atomic E-state index is 5.56. The fourth-order valence-corrected chi connectivity index (χ4v) is 2.06. The molecule has 0 aliphatic heterocycles. The number of hydrogen-bond donors (Lipinski definition) is 1. The number of ether oxygens (including phenoxy) is 1. The van der Waals surface area contributed by atoms with Crippen LogP contribution in [0.4, 0.5) is 0 Å². The third-order valence-electron chi connectivity index (χ3n) is 2.96. The summed E-state index contributed by atoms with van der Waals surface area (Å²) in [4.78, 5) is 8.95. The van der Waals surface area contributed by atoms with Crippen LogP contribution in [0.25, 0.3) is 11.3 Å². The van der Waals surface area contributed by atoms with Gasteiger partial charge in [-0.05, 0) is 50.2 Å². The van der Waals surface area contributed by atoms with Gasteiger partial charge in [-0.25, -0.2) is 9.97 Å². The molecule has 0 aliphatic rings. The van der Waals surface area contributed by atoms with Crippen LogP contribution in [0.1, 0.15) is 17.1 Å². The summed E-state index contributed by atoms with van der Waals surface area (Å²) in [5.41, 5.74) is 9.62. The fraction of sp³-hybridized carbons (Fsp3) is 0.333. The summed E-state index contributed by atoms with van der Waals surface area (Å²) in [5.74, 6) is 1.68. The van der Waals surface area contributed by atoms with Crippen molar-refractivity contribution >= 4 is 0 Å². The first-order valence-corrected chi connectivity index (χ1v) is 6.33. The first-order valence-electron chi connectivity index (χ1n) is 6.33. The second-order valence-electron chi connectivity index (χ2n) is 4.53. The summed E-state index contributed by atoms with van der Waals surface area (Å²) in [7, 11) is 1.68. The first kappa shape index (κ1) is 13.5. The van der Waals surface area contributed by atoms with Gasteiger partial charge in [0, 0.05) is 17.7 Å². The molecule has 0 amide bonds. The van der Waals surface area contributed by atoms with Crippen LogP contribution < -0.4 is 10.5 Å². The van der Waals surface area contributed by atoms with Gasteiger partial charge in [0.15, 0.2) is 0 Å². The average Bonchev–Trinajstić information content (AvgIpc) is 2.38. The van der Waals surface area contributed by atoms with E-state index < -0.39 is 0 Å². The molecular weight excluding hydrogens is 238 g/mol. The zero-order chi connectivity index (χ0) is 13.8. The molecule has 0 unspecified atom stereocenters. The van der Waals surface area contributed by atoms with E-state index in [4.69, 9.17) is 10.5 Å². The molecule has 1 heterocycles. The SMILES string of the molecule is COc1ccc(-c2cc(C)nc(CCN)n2)cc1C. The smallest absolute Gasteiger partial charge is 0.130 e. The second kappa shape index (κ2) is 5.80. The van der Waals surface area contributed by atoms with Gasteiger partial charge in [-0.3, -0.25) is 0 Å². The molecule has 1 aromatic carbocycles. The van der Waals surface area contributed by atoms with Crippen molar-refractivity contribution in [2.45, 2.75) is 20.3 Å². The number of aromatic nitrogens is 2. The zero-order valence-electron chi connectivity index (χ0n) is 11.6. The van der Waals surface area contributed by atoms with Crippen molar-refractivity contribution in [1.82, 2.24) is 9.97 Å². The van der Waals surface area contributed by atoms with E-state index in [1.165, 1.54) is 0 Å². The third kappa shape index (κ3) is 3.09. The molecule has 2 rings (SSSR count). The van der Waals surface area contributed by atoms with Crippen LogP contribution >= 0.6 is 0 Å². The molecule has 0 atom stereocenters. The summed E-state index contributed by atoms with van der Waals surface area (Å²) < 4.78 is 5.27. The van der Waals surface area contributed by atoms with Crippen molar-refractivity contribution in [1.29, 1.82) is 0 Å². The molecule has 100 valence electrons. The molecule has 0 radical (unpaired) electrons. The molecule has 0 aliphatic carbocycles. The Kier molecular flexibility index (Phi) is 4.12. The van der Waals surface area contributed by atoms with Gasteiger partial charge in [0.25, 0.3) is 0 Å². The van der Waals surface area contributed by atoms with Gasteiger partial charge in [-0.15, -0.1) is 0 Å². The minimum atomic E-state index is 0.560. The molecule has 0 fully saturated rings. The Bertz CT molecular complexity index is 582. The molecule has 0 saturated carbocycles. The lowest BCUT2D eigenvalue weighted by Crippen LogP contribution is -2.07. The van der Waals surface area contributed by atoms with Gasteiger partial charge in [0.2, 0.25) is 0 Å². The monoisotopic (exact) mass is 257 g/mol. The average molecular weight is 257 g/mol. The number of nitrogens with two attached hydrogens (primary N) is 1. The lowest BCUT2D eigenvalue weighted by atomic mass is 10.1. The van der Waals surface area contributed by atoms with E-state index >= 15 is 0 Å². The van der Waals surface area contributed by atoms with Crippen LogP contribution in [0.2, 0.25) is 0 Å². The highest BCUT2D eigenvalue weighted by molar-refractivity contribution is 5.62. The van der Waals surface area contributed by atoms with Crippen LogP contribution in [0.3, 0.4) is 0 Å². The molecule has 0 saturated heterocycles. The number of benzene rings is 1. The Balaban J connectivity index is 2.43. The molecule has 1 aromatic heterocycles. The van der Waals surface area contributed by atoms with Gasteiger partial charge >= 0.3 is 0 Å². The minimum Gasteiger partial charge on any atom is -0.496 e. The third-order valence-corrected chi connectivity index (χ3v) is 2.96. The standard InChI is InChI=1S/C15H19N3O/c1-10-8-12(4-5-14(10)19-3)13-9-11(2)17-15(18-13)6-7-16/h4-5,8-9H,6-7,16H2,1-3H3. The molecule has 0 spiro atoms. The van der Waals surface area contributed by atoms with Crippen LogP contribution in [-0.2, 0) is 6.42 Å². The van der Waals surface area contributed by atoms with Gasteiger partial charge in [0.1, 0.15) is 11.6 Å². The van der Waals surface area contributed by atoms with Crippen LogP contribution in [0.15, 0.2) is 24.3 Å². The number of rotatable bonds is 4. The van der Waals surface area contributed by atoms with E-state index in [-0.39, 0.29) is 0 Å². The number of nitrogens with zero attached hydrogens (tertiary/aromatic N) is 2. The van der Waals surface area contributed by atoms with E-state index in [0.717, 1.165) is 34.1 Å². The van der Waals surface area contributed by atoms with Crippen LogP contribution in [0.5, 0.6) is 5.75 Å². The highest BCUT2D eigenvalue weighted by atomic mass is 16.5. The zero-order valence-corrected chi connectivity index (χ0v) is 11.6. The highest BCUT2D eigenvalue weighted by Crippen LogP contribution is 2.25. The minimum absolute atomic E-state index is 0.560. The topological polar surface area (TPSA) is 61.0 Å². The molecule has 2 aromatic rings. The van der Waals surface area contributed by atoms with E-state index in [2.05, 4.69) is 16.0 Å². The van der Waals surface area contributed by atoms with Crippen molar-refractivity contribution in [3.05, 3.63) is 41.3 Å². The second-order valence-corrected chi connectivity index (χ2v) is 4.53. The van der Waals surface area contributed by atoms with Gasteiger partial charge < -0.3 is 10.5 Å². The number of aryl methyl sites for hydroxylation is 2. The van der Waals surface area contributed by atoms with Gasteiger partial charge in [-0.2, -0.15) is 0 Å². The van der Waals surface area contributed by atoms with E-state index in [1.54, 1.807) is 7.11 Å². The highest BCUT2D eigenvalue weighted by Gasteiger charge is 2.06. The maximum atomic E-state index is 5.56. The van der Waals surface area contributed by atoms with E-state index in [9.17, 15) is 0 Å². The number of methoxy groups -OCH3 is 1. The van der Waals surface area contributed by atoms with Crippen LogP contribution in [0, 0.1) is 13.8 Å². The van der Waals surface area contributed by atoms with Gasteiger partial charge in [-0.1, -0.05) is 0 Å². The summed E-state index contributed by atoms with van der Waals surface area (Å²) in [6.07, 6.45) is 0.698. The van der Waals surface area contributed by atoms with Crippen molar-refractivity contribution in [2.75, 3.05) is 13.7 Å². The van der Waals surface area contributed by atoms with Crippen molar-refractivity contribution in [3.63, 3.8) is 0 Å². The normalized spacial score (nSPS) is 10.5. The number of hydrogen-bond acceptors (Lipinski definition) is 4. The first-order chi connectivity index (χ1) is 9.13. The fourth-order valence-electron chi connectivity index (χ4n) is 2.06. The summed E-state index contributed by atoms with van der Waals surface area (Å²) >= 11 is 0. The Morgan fingerprint density at radius 1 is 1.16 bits per heavy atom. The largest absolute Gasteiger partial charge is 0.496 e. The predicted octanol–water partition coefficient (Wildman–Crippen LogP) is 2.27. The van der Waals surface area contributed by atoms with E-state index in [0.29, 0.717) is 13.0 Å². The lowest BCUT2D eigenvalue weighted by Gasteiger charge is -2.09. The molecule has 2 N–H and O–H groups in total. The molecule has 4 heteroatoms. The Morgan fingerprint density at radius 3 is 2.58 bits per heavy atom. The molecule has 19 heavy (non-hydrogen) atoms.